The summed E-state index contributed by atoms with van der Waals surface area (Å²) in [7, 11) is 2.82. The minimum Gasteiger partial charge on any atom is -0.496 e. The van der Waals surface area contributed by atoms with Gasteiger partial charge in [0.1, 0.15) is 17.8 Å². The minimum absolute atomic E-state index is 0.311. The summed E-state index contributed by atoms with van der Waals surface area (Å²) in [6.07, 6.45) is -2.20. The Morgan fingerprint density at radius 3 is 2.43 bits per heavy atom. The predicted octanol–water partition coefficient (Wildman–Crippen LogP) is 3.75. The van der Waals surface area contributed by atoms with Crippen LogP contribution in [0.4, 0.5) is 13.2 Å². The van der Waals surface area contributed by atoms with Gasteiger partial charge in [-0.2, -0.15) is 5.10 Å². The third kappa shape index (κ3) is 5.28. The number of ether oxygens (including phenoxy) is 3. The number of methoxy groups -OCH3 is 2. The van der Waals surface area contributed by atoms with E-state index in [9.17, 15) is 18.0 Å². The van der Waals surface area contributed by atoms with Gasteiger partial charge in [-0.15, -0.1) is 13.2 Å². The molecule has 0 aliphatic carbocycles. The van der Waals surface area contributed by atoms with Crippen molar-refractivity contribution in [2.75, 3.05) is 14.2 Å². The molecule has 0 aliphatic rings. The van der Waals surface area contributed by atoms with Crippen LogP contribution in [-0.4, -0.2) is 41.3 Å². The van der Waals surface area contributed by atoms with Gasteiger partial charge in [-0.25, -0.2) is 14.5 Å². The van der Waals surface area contributed by atoms with Crippen LogP contribution < -0.4 is 9.47 Å². The summed E-state index contributed by atoms with van der Waals surface area (Å²) in [6, 6.07) is 10.4. The molecule has 0 saturated heterocycles. The maximum absolute atomic E-state index is 12.2. The molecule has 2 aromatic carbocycles. The van der Waals surface area contributed by atoms with Crippen LogP contribution >= 0.6 is 0 Å². The van der Waals surface area contributed by atoms with Gasteiger partial charge in [0.25, 0.3) is 0 Å². The Hall–Kier alpha value is -3.56. The van der Waals surface area contributed by atoms with Gasteiger partial charge in [0, 0.05) is 6.42 Å². The predicted molar refractivity (Wildman–Crippen MR) is 99.8 cm³/mol. The summed E-state index contributed by atoms with van der Waals surface area (Å²) >= 11 is 0. The third-order valence-electron chi connectivity index (χ3n) is 4.20. The standard InChI is InChI=1S/C20H18F3N3O4/c1-28-17-11-14(19(27)29-2)4-3-13(17)5-10-18-24-12-26(25-18)15-6-8-16(9-7-15)30-20(21,22)23/h3-4,6-9,11-12H,5,10H2,1-2H3. The van der Waals surface area contributed by atoms with E-state index in [0.717, 1.165) is 5.56 Å². The molecule has 1 heterocycles. The van der Waals surface area contributed by atoms with Crippen molar-refractivity contribution in [1.82, 2.24) is 14.8 Å². The number of hydrogen-bond donors (Lipinski definition) is 0. The van der Waals surface area contributed by atoms with Crippen LogP contribution in [0.1, 0.15) is 21.7 Å². The van der Waals surface area contributed by atoms with Crippen LogP contribution in [0.25, 0.3) is 5.69 Å². The van der Waals surface area contributed by atoms with E-state index >= 15 is 0 Å². The largest absolute Gasteiger partial charge is 0.573 e. The lowest BCUT2D eigenvalue weighted by Crippen LogP contribution is -2.17. The quantitative estimate of drug-likeness (QED) is 0.541. The second kappa shape index (κ2) is 8.85. The Balaban J connectivity index is 1.67. The van der Waals surface area contributed by atoms with Gasteiger partial charge in [0.2, 0.25) is 0 Å². The highest BCUT2D eigenvalue weighted by atomic mass is 19.4. The smallest absolute Gasteiger partial charge is 0.496 e. The highest BCUT2D eigenvalue weighted by Gasteiger charge is 2.31. The minimum atomic E-state index is -4.74. The highest BCUT2D eigenvalue weighted by Crippen LogP contribution is 2.24. The van der Waals surface area contributed by atoms with Crippen LogP contribution in [0.15, 0.2) is 48.8 Å². The molecule has 0 fully saturated rings. The molecular weight excluding hydrogens is 403 g/mol. The Labute approximate surface area is 170 Å². The van der Waals surface area contributed by atoms with Crippen LogP contribution in [0, 0.1) is 0 Å². The fourth-order valence-corrected chi connectivity index (χ4v) is 2.78. The molecule has 0 aliphatic heterocycles. The Morgan fingerprint density at radius 1 is 1.07 bits per heavy atom. The summed E-state index contributed by atoms with van der Waals surface area (Å²) < 4.78 is 52.1. The second-order valence-corrected chi connectivity index (χ2v) is 6.17. The molecule has 0 bridgehead atoms. The topological polar surface area (TPSA) is 75.5 Å². The number of rotatable bonds is 7. The molecule has 0 spiro atoms. The average Bonchev–Trinajstić information content (AvgIpc) is 3.20. The van der Waals surface area contributed by atoms with Gasteiger partial charge < -0.3 is 14.2 Å². The molecule has 0 radical (unpaired) electrons. The number of halogens is 3. The van der Waals surface area contributed by atoms with Crippen molar-refractivity contribution in [2.45, 2.75) is 19.2 Å². The number of carbonyl (C=O) groups is 1. The highest BCUT2D eigenvalue weighted by molar-refractivity contribution is 5.89. The lowest BCUT2D eigenvalue weighted by Gasteiger charge is -2.09. The molecule has 0 saturated carbocycles. The zero-order valence-corrected chi connectivity index (χ0v) is 16.1. The molecule has 0 amide bonds. The van der Waals surface area contributed by atoms with E-state index in [4.69, 9.17) is 9.47 Å². The number of benzene rings is 2. The van der Waals surface area contributed by atoms with Gasteiger partial charge in [-0.05, 0) is 48.4 Å². The Kier molecular flexibility index (Phi) is 6.24. The maximum atomic E-state index is 12.2. The first-order valence-electron chi connectivity index (χ1n) is 8.81. The normalized spacial score (nSPS) is 11.2. The molecule has 30 heavy (non-hydrogen) atoms. The Bertz CT molecular complexity index is 1020. The van der Waals surface area contributed by atoms with Crippen molar-refractivity contribution < 1.29 is 32.2 Å². The van der Waals surface area contributed by atoms with Crippen LogP contribution in [-0.2, 0) is 17.6 Å². The van der Waals surface area contributed by atoms with Crippen LogP contribution in [0.3, 0.4) is 0 Å². The maximum Gasteiger partial charge on any atom is 0.573 e. The molecule has 0 atom stereocenters. The van der Waals surface area contributed by atoms with Crippen LogP contribution in [0.5, 0.6) is 11.5 Å². The number of alkyl halides is 3. The number of nitrogens with zero attached hydrogens (tertiary/aromatic N) is 3. The second-order valence-electron chi connectivity index (χ2n) is 6.17. The van der Waals surface area contributed by atoms with E-state index in [1.54, 1.807) is 18.2 Å². The molecule has 1 aromatic heterocycles. The number of carbonyl (C=O) groups excluding carboxylic acids is 1. The number of aryl methyl sites for hydroxylation is 2. The van der Waals surface area contributed by atoms with Crippen LogP contribution in [0.2, 0.25) is 0 Å². The Morgan fingerprint density at radius 2 is 1.80 bits per heavy atom. The van der Waals surface area contributed by atoms with E-state index < -0.39 is 12.3 Å². The number of esters is 1. The SMILES string of the molecule is COC(=O)c1ccc(CCc2ncn(-c3ccc(OC(F)(F)F)cc3)n2)c(OC)c1. The molecule has 158 valence electrons. The fourth-order valence-electron chi connectivity index (χ4n) is 2.78. The lowest BCUT2D eigenvalue weighted by molar-refractivity contribution is -0.274. The number of aromatic nitrogens is 3. The molecule has 10 heteroatoms. The summed E-state index contributed by atoms with van der Waals surface area (Å²) in [5, 5.41) is 4.34. The van der Waals surface area contributed by atoms with Crippen molar-refractivity contribution in [3.05, 3.63) is 65.7 Å². The van der Waals surface area contributed by atoms with Gasteiger partial charge in [-0.1, -0.05) is 6.07 Å². The monoisotopic (exact) mass is 421 g/mol. The fraction of sp³-hybridized carbons (Fsp3) is 0.250. The summed E-state index contributed by atoms with van der Waals surface area (Å²) in [5.74, 6) is 0.336. The van der Waals surface area contributed by atoms with Crippen molar-refractivity contribution in [3.63, 3.8) is 0 Å². The summed E-state index contributed by atoms with van der Waals surface area (Å²) in [5.41, 5.74) is 1.80. The van der Waals surface area contributed by atoms with Gasteiger partial charge >= 0.3 is 12.3 Å². The number of hydrogen-bond acceptors (Lipinski definition) is 6. The molecule has 3 rings (SSSR count). The lowest BCUT2D eigenvalue weighted by atomic mass is 10.1. The average molecular weight is 421 g/mol. The first-order valence-corrected chi connectivity index (χ1v) is 8.81. The first-order chi connectivity index (χ1) is 14.3. The molecule has 0 N–H and O–H groups in total. The van der Waals surface area contributed by atoms with Crippen molar-refractivity contribution >= 4 is 5.97 Å². The van der Waals surface area contributed by atoms with Gasteiger partial charge in [0.15, 0.2) is 5.82 Å². The first kappa shape index (κ1) is 21.2. The van der Waals surface area contributed by atoms with E-state index in [0.29, 0.717) is 35.7 Å². The van der Waals surface area contributed by atoms with E-state index in [1.807, 2.05) is 0 Å². The molecular formula is C20H18F3N3O4. The van der Waals surface area contributed by atoms with Gasteiger partial charge in [-0.3, -0.25) is 0 Å². The van der Waals surface area contributed by atoms with Crippen molar-refractivity contribution in [1.29, 1.82) is 0 Å². The van der Waals surface area contributed by atoms with E-state index in [-0.39, 0.29) is 5.75 Å². The zero-order valence-electron chi connectivity index (χ0n) is 16.1. The van der Waals surface area contributed by atoms with E-state index in [1.165, 1.54) is 49.5 Å². The summed E-state index contributed by atoms with van der Waals surface area (Å²) in [6.45, 7) is 0. The van der Waals surface area contributed by atoms with Gasteiger partial charge in [0.05, 0.1) is 25.5 Å². The molecule has 3 aromatic rings. The van der Waals surface area contributed by atoms with Crippen molar-refractivity contribution in [2.24, 2.45) is 0 Å². The molecule has 0 unspecified atom stereocenters. The van der Waals surface area contributed by atoms with Crippen molar-refractivity contribution in [3.8, 4) is 17.2 Å². The summed E-state index contributed by atoms with van der Waals surface area (Å²) in [4.78, 5) is 15.9. The third-order valence-corrected chi connectivity index (χ3v) is 4.20. The van der Waals surface area contributed by atoms with E-state index in [2.05, 4.69) is 14.8 Å². The zero-order chi connectivity index (χ0) is 21.7. The molecule has 7 nitrogen and oxygen atoms in total.